The summed E-state index contributed by atoms with van der Waals surface area (Å²) in [5, 5.41) is 0. The summed E-state index contributed by atoms with van der Waals surface area (Å²) in [6, 6.07) is 7.79. The second-order valence-corrected chi connectivity index (χ2v) is 3.03. The molecule has 0 bridgehead atoms. The highest BCUT2D eigenvalue weighted by molar-refractivity contribution is 7.93. The number of hydrogen-bond acceptors (Lipinski definition) is 3. The van der Waals surface area contributed by atoms with Gasteiger partial charge in [-0.05, 0) is 29.7 Å². The van der Waals surface area contributed by atoms with Crippen molar-refractivity contribution in [1.29, 1.82) is 0 Å². The Balaban J connectivity index is 2.52. The minimum absolute atomic E-state index is 0.802. The largest absolute Gasteiger partial charge is 0.399 e. The lowest BCUT2D eigenvalue weighted by atomic mass is 10.2. The molecule has 0 aromatic heterocycles. The fraction of sp³-hybridized carbons (Fsp3) is 0.250. The standard InChI is InChI=1S/C8H11NOS/c1-10-11-6-7-2-4-8(9)5-3-7/h2-5H,6,9H2,1H3. The molecule has 60 valence electrons. The first-order valence-electron chi connectivity index (χ1n) is 3.33. The highest BCUT2D eigenvalue weighted by atomic mass is 32.2. The molecule has 1 aromatic carbocycles. The number of benzene rings is 1. The van der Waals surface area contributed by atoms with E-state index in [2.05, 4.69) is 0 Å². The van der Waals surface area contributed by atoms with Gasteiger partial charge in [-0.1, -0.05) is 12.1 Å². The van der Waals surface area contributed by atoms with Crippen molar-refractivity contribution in [2.75, 3.05) is 12.8 Å². The lowest BCUT2D eigenvalue weighted by Gasteiger charge is -1.98. The van der Waals surface area contributed by atoms with Gasteiger partial charge in [0.25, 0.3) is 0 Å². The highest BCUT2D eigenvalue weighted by Crippen LogP contribution is 2.13. The van der Waals surface area contributed by atoms with E-state index in [0.717, 1.165) is 11.4 Å². The molecule has 11 heavy (non-hydrogen) atoms. The van der Waals surface area contributed by atoms with Crippen LogP contribution in [0.3, 0.4) is 0 Å². The van der Waals surface area contributed by atoms with Gasteiger partial charge in [0.1, 0.15) is 0 Å². The molecular formula is C8H11NOS. The average Bonchev–Trinajstić information content (AvgIpc) is 2.04. The summed E-state index contributed by atoms with van der Waals surface area (Å²) in [5.74, 6) is 0.872. The van der Waals surface area contributed by atoms with Crippen LogP contribution in [0.5, 0.6) is 0 Å². The molecule has 2 nitrogen and oxygen atoms in total. The maximum atomic E-state index is 5.52. The van der Waals surface area contributed by atoms with Crippen molar-refractivity contribution >= 4 is 17.7 Å². The molecule has 0 aliphatic carbocycles. The van der Waals surface area contributed by atoms with Gasteiger partial charge in [-0.15, -0.1) is 0 Å². The van der Waals surface area contributed by atoms with Crippen molar-refractivity contribution in [2.45, 2.75) is 5.75 Å². The molecule has 1 rings (SSSR count). The van der Waals surface area contributed by atoms with Crippen LogP contribution < -0.4 is 5.73 Å². The fourth-order valence-electron chi connectivity index (χ4n) is 0.741. The summed E-state index contributed by atoms with van der Waals surface area (Å²) in [6.45, 7) is 0. The topological polar surface area (TPSA) is 35.2 Å². The third-order valence-corrected chi connectivity index (χ3v) is 2.01. The van der Waals surface area contributed by atoms with Crippen molar-refractivity contribution in [1.82, 2.24) is 0 Å². The number of nitrogens with two attached hydrogens (primary N) is 1. The van der Waals surface area contributed by atoms with Crippen molar-refractivity contribution in [3.8, 4) is 0 Å². The smallest absolute Gasteiger partial charge is 0.0503 e. The molecule has 2 N–H and O–H groups in total. The summed E-state index contributed by atoms with van der Waals surface area (Å²) in [5.41, 5.74) is 7.55. The van der Waals surface area contributed by atoms with Gasteiger partial charge in [-0.25, -0.2) is 0 Å². The highest BCUT2D eigenvalue weighted by Gasteiger charge is 1.91. The SMILES string of the molecule is COSCc1ccc(N)cc1. The number of nitrogen functional groups attached to an aromatic ring is 1. The number of rotatable bonds is 3. The summed E-state index contributed by atoms with van der Waals surface area (Å²) in [4.78, 5) is 0. The molecule has 0 saturated carbocycles. The molecule has 0 heterocycles. The van der Waals surface area contributed by atoms with E-state index in [-0.39, 0.29) is 0 Å². The normalized spacial score (nSPS) is 9.91. The Morgan fingerprint density at radius 3 is 2.55 bits per heavy atom. The van der Waals surface area contributed by atoms with Crippen LogP contribution in [0.4, 0.5) is 5.69 Å². The van der Waals surface area contributed by atoms with Gasteiger partial charge >= 0.3 is 0 Å². The van der Waals surface area contributed by atoms with Gasteiger partial charge in [-0.2, -0.15) is 0 Å². The fourth-order valence-corrected chi connectivity index (χ4v) is 1.19. The summed E-state index contributed by atoms with van der Waals surface area (Å²) in [7, 11) is 1.67. The van der Waals surface area contributed by atoms with Crippen molar-refractivity contribution in [2.24, 2.45) is 0 Å². The Labute approximate surface area is 70.9 Å². The molecule has 0 unspecified atom stereocenters. The van der Waals surface area contributed by atoms with Crippen LogP contribution >= 0.6 is 12.0 Å². The molecule has 1 aromatic rings. The number of anilines is 1. The van der Waals surface area contributed by atoms with Crippen LogP contribution in [0.1, 0.15) is 5.56 Å². The van der Waals surface area contributed by atoms with E-state index in [1.165, 1.54) is 17.6 Å². The average molecular weight is 169 g/mol. The lowest BCUT2D eigenvalue weighted by Crippen LogP contribution is -1.85. The quantitative estimate of drug-likeness (QED) is 0.555. The molecule has 3 heteroatoms. The Bertz CT molecular complexity index is 210. The summed E-state index contributed by atoms with van der Waals surface area (Å²) < 4.78 is 4.86. The molecule has 0 amide bonds. The first-order chi connectivity index (χ1) is 5.33. The summed E-state index contributed by atoms with van der Waals surface area (Å²) in [6.07, 6.45) is 0. The summed E-state index contributed by atoms with van der Waals surface area (Å²) >= 11 is 1.43. The molecule has 0 aliphatic rings. The van der Waals surface area contributed by atoms with E-state index in [1.807, 2.05) is 24.3 Å². The third kappa shape index (κ3) is 2.82. The molecule has 0 spiro atoms. The monoisotopic (exact) mass is 169 g/mol. The zero-order valence-electron chi connectivity index (χ0n) is 6.41. The van der Waals surface area contributed by atoms with Gasteiger partial charge < -0.3 is 9.92 Å². The molecule has 0 saturated heterocycles. The van der Waals surface area contributed by atoms with Gasteiger partial charge in [0.05, 0.1) is 7.11 Å². The molecule has 0 aliphatic heterocycles. The second kappa shape index (κ2) is 4.26. The Morgan fingerprint density at radius 1 is 1.36 bits per heavy atom. The predicted octanol–water partition coefficient (Wildman–Crippen LogP) is 2.06. The van der Waals surface area contributed by atoms with Crippen LogP contribution in [0, 0.1) is 0 Å². The van der Waals surface area contributed by atoms with Gasteiger partial charge in [0, 0.05) is 11.4 Å². The first-order valence-corrected chi connectivity index (χ1v) is 4.24. The van der Waals surface area contributed by atoms with E-state index < -0.39 is 0 Å². The molecule has 0 fully saturated rings. The molecule has 0 radical (unpaired) electrons. The van der Waals surface area contributed by atoms with Crippen molar-refractivity contribution in [3.63, 3.8) is 0 Å². The van der Waals surface area contributed by atoms with Crippen molar-refractivity contribution in [3.05, 3.63) is 29.8 Å². The van der Waals surface area contributed by atoms with E-state index >= 15 is 0 Å². The first kappa shape index (κ1) is 8.43. The van der Waals surface area contributed by atoms with Crippen LogP contribution in [-0.4, -0.2) is 7.11 Å². The van der Waals surface area contributed by atoms with E-state index in [1.54, 1.807) is 7.11 Å². The van der Waals surface area contributed by atoms with Gasteiger partial charge in [-0.3, -0.25) is 0 Å². The minimum atomic E-state index is 0.802. The molecular weight excluding hydrogens is 158 g/mol. The van der Waals surface area contributed by atoms with Crippen LogP contribution in [0.25, 0.3) is 0 Å². The Morgan fingerprint density at radius 2 is 2.00 bits per heavy atom. The van der Waals surface area contributed by atoms with E-state index in [9.17, 15) is 0 Å². The van der Waals surface area contributed by atoms with Gasteiger partial charge in [0.2, 0.25) is 0 Å². The van der Waals surface area contributed by atoms with E-state index in [0.29, 0.717) is 0 Å². The third-order valence-electron chi connectivity index (χ3n) is 1.32. The van der Waals surface area contributed by atoms with Crippen LogP contribution in [0.2, 0.25) is 0 Å². The Hall–Kier alpha value is -0.670. The number of hydrogen-bond donors (Lipinski definition) is 1. The minimum Gasteiger partial charge on any atom is -0.399 e. The maximum Gasteiger partial charge on any atom is 0.0503 e. The van der Waals surface area contributed by atoms with Crippen LogP contribution in [0.15, 0.2) is 24.3 Å². The van der Waals surface area contributed by atoms with Gasteiger partial charge in [0.15, 0.2) is 0 Å². The Kier molecular flexibility index (Phi) is 3.26. The van der Waals surface area contributed by atoms with E-state index in [4.69, 9.17) is 9.92 Å². The lowest BCUT2D eigenvalue weighted by molar-refractivity contribution is 0.489. The zero-order valence-corrected chi connectivity index (χ0v) is 7.23. The van der Waals surface area contributed by atoms with Crippen molar-refractivity contribution < 1.29 is 4.18 Å². The molecule has 0 atom stereocenters. The zero-order chi connectivity index (χ0) is 8.10. The maximum absolute atomic E-state index is 5.52. The predicted molar refractivity (Wildman–Crippen MR) is 49.2 cm³/mol. The van der Waals surface area contributed by atoms with Crippen LogP contribution in [-0.2, 0) is 9.94 Å². The second-order valence-electron chi connectivity index (χ2n) is 2.17.